The van der Waals surface area contributed by atoms with E-state index in [1.807, 2.05) is 7.05 Å². The van der Waals surface area contributed by atoms with Crippen molar-refractivity contribution < 1.29 is 0 Å². The van der Waals surface area contributed by atoms with Gasteiger partial charge in [-0.25, -0.2) is 9.97 Å². The summed E-state index contributed by atoms with van der Waals surface area (Å²) in [5, 5.41) is 3.18. The first kappa shape index (κ1) is 12.1. The van der Waals surface area contributed by atoms with Crippen LogP contribution in [0, 0.1) is 3.57 Å². The molecule has 1 aliphatic rings. The average Bonchev–Trinajstić information content (AvgIpc) is 2.17. The molecule has 0 spiro atoms. The molecule has 4 heteroatoms. The van der Waals surface area contributed by atoms with Crippen molar-refractivity contribution in [1.29, 1.82) is 0 Å². The van der Waals surface area contributed by atoms with Crippen molar-refractivity contribution in [1.82, 2.24) is 9.97 Å². The molecule has 16 heavy (non-hydrogen) atoms. The highest BCUT2D eigenvalue weighted by atomic mass is 127. The van der Waals surface area contributed by atoms with Crippen LogP contribution in [0.15, 0.2) is 0 Å². The molecule has 1 aromatic rings. The van der Waals surface area contributed by atoms with Crippen LogP contribution in [-0.2, 0) is 0 Å². The molecule has 0 atom stereocenters. The number of halogens is 1. The number of rotatable bonds is 3. The summed E-state index contributed by atoms with van der Waals surface area (Å²) in [7, 11) is 1.93. The van der Waals surface area contributed by atoms with Gasteiger partial charge in [-0.2, -0.15) is 0 Å². The number of hydrogen-bond acceptors (Lipinski definition) is 3. The van der Waals surface area contributed by atoms with Gasteiger partial charge in [0.1, 0.15) is 11.6 Å². The molecular formula is C12H18IN3. The zero-order chi connectivity index (χ0) is 11.7. The van der Waals surface area contributed by atoms with Gasteiger partial charge >= 0.3 is 0 Å². The Morgan fingerprint density at radius 1 is 1.31 bits per heavy atom. The van der Waals surface area contributed by atoms with E-state index in [2.05, 4.69) is 46.7 Å². The maximum Gasteiger partial charge on any atom is 0.143 e. The van der Waals surface area contributed by atoms with E-state index in [4.69, 9.17) is 4.98 Å². The Bertz CT molecular complexity index is 386. The van der Waals surface area contributed by atoms with Crippen molar-refractivity contribution in [2.75, 3.05) is 12.4 Å². The fraction of sp³-hybridized carbons (Fsp3) is 0.667. The summed E-state index contributed by atoms with van der Waals surface area (Å²) >= 11 is 2.34. The third-order valence-corrected chi connectivity index (χ3v) is 4.21. The van der Waals surface area contributed by atoms with Gasteiger partial charge in [-0.15, -0.1) is 0 Å². The van der Waals surface area contributed by atoms with Crippen LogP contribution in [0.3, 0.4) is 0 Å². The summed E-state index contributed by atoms with van der Waals surface area (Å²) in [6, 6.07) is 0. The van der Waals surface area contributed by atoms with E-state index in [1.54, 1.807) is 0 Å². The number of anilines is 1. The van der Waals surface area contributed by atoms with E-state index in [1.165, 1.54) is 25.0 Å². The quantitative estimate of drug-likeness (QED) is 0.862. The molecule has 0 aliphatic heterocycles. The van der Waals surface area contributed by atoms with Crippen molar-refractivity contribution in [2.24, 2.45) is 0 Å². The second-order valence-corrected chi connectivity index (χ2v) is 5.74. The first-order valence-electron chi connectivity index (χ1n) is 5.88. The number of nitrogens with one attached hydrogen (secondary N) is 1. The number of nitrogens with zero attached hydrogens (tertiary/aromatic N) is 2. The van der Waals surface area contributed by atoms with E-state index in [0.29, 0.717) is 11.8 Å². The predicted molar refractivity (Wildman–Crippen MR) is 75.0 cm³/mol. The van der Waals surface area contributed by atoms with Gasteiger partial charge in [0.15, 0.2) is 0 Å². The summed E-state index contributed by atoms with van der Waals surface area (Å²) in [5.74, 6) is 3.09. The fourth-order valence-corrected chi connectivity index (χ4v) is 3.01. The highest BCUT2D eigenvalue weighted by Crippen LogP contribution is 2.36. The summed E-state index contributed by atoms with van der Waals surface area (Å²) < 4.78 is 1.16. The normalized spacial score (nSPS) is 16.3. The van der Waals surface area contributed by atoms with Crippen molar-refractivity contribution in [2.45, 2.75) is 44.9 Å². The SMILES string of the molecule is CNc1nc(C2CCC2)nc(C(C)C)c1I. The lowest BCUT2D eigenvalue weighted by Gasteiger charge is -2.25. The van der Waals surface area contributed by atoms with E-state index in [0.717, 1.165) is 15.2 Å². The molecule has 1 aliphatic carbocycles. The molecule has 1 N–H and O–H groups in total. The standard InChI is InChI=1S/C12H18IN3/c1-7(2)10-9(13)12(14-3)16-11(15-10)8-5-4-6-8/h7-8H,4-6H2,1-3H3,(H,14,15,16). The van der Waals surface area contributed by atoms with Crippen LogP contribution in [0.2, 0.25) is 0 Å². The minimum absolute atomic E-state index is 0.459. The monoisotopic (exact) mass is 331 g/mol. The smallest absolute Gasteiger partial charge is 0.143 e. The van der Waals surface area contributed by atoms with Crippen molar-refractivity contribution >= 4 is 28.4 Å². The fourth-order valence-electron chi connectivity index (χ4n) is 1.88. The highest BCUT2D eigenvalue weighted by molar-refractivity contribution is 14.1. The van der Waals surface area contributed by atoms with Gasteiger partial charge in [0, 0.05) is 13.0 Å². The summed E-state index contributed by atoms with van der Waals surface area (Å²) in [4.78, 5) is 9.37. The maximum atomic E-state index is 4.74. The molecule has 88 valence electrons. The van der Waals surface area contributed by atoms with E-state index >= 15 is 0 Å². The average molecular weight is 331 g/mol. The van der Waals surface area contributed by atoms with Crippen molar-refractivity contribution in [3.05, 3.63) is 15.1 Å². The Labute approximate surface area is 111 Å². The molecule has 1 saturated carbocycles. The van der Waals surface area contributed by atoms with Gasteiger partial charge in [-0.3, -0.25) is 0 Å². The zero-order valence-electron chi connectivity index (χ0n) is 10.0. The van der Waals surface area contributed by atoms with Gasteiger partial charge in [-0.05, 0) is 41.4 Å². The zero-order valence-corrected chi connectivity index (χ0v) is 12.2. The molecule has 0 bridgehead atoms. The van der Waals surface area contributed by atoms with Gasteiger partial charge in [0.05, 0.1) is 9.26 Å². The Balaban J connectivity index is 2.43. The summed E-state index contributed by atoms with van der Waals surface area (Å²) in [6.07, 6.45) is 3.83. The molecule has 1 fully saturated rings. The molecular weight excluding hydrogens is 313 g/mol. The number of hydrogen-bond donors (Lipinski definition) is 1. The lowest BCUT2D eigenvalue weighted by molar-refractivity contribution is 0.400. The van der Waals surface area contributed by atoms with Gasteiger partial charge in [0.2, 0.25) is 0 Å². The molecule has 0 radical (unpaired) electrons. The van der Waals surface area contributed by atoms with E-state index in [-0.39, 0.29) is 0 Å². The minimum atomic E-state index is 0.459. The largest absolute Gasteiger partial charge is 0.372 e. The van der Waals surface area contributed by atoms with E-state index < -0.39 is 0 Å². The lowest BCUT2D eigenvalue weighted by Crippen LogP contribution is -2.16. The third-order valence-electron chi connectivity index (χ3n) is 3.15. The van der Waals surface area contributed by atoms with Crippen molar-refractivity contribution in [3.8, 4) is 0 Å². The maximum absolute atomic E-state index is 4.74. The van der Waals surface area contributed by atoms with E-state index in [9.17, 15) is 0 Å². The van der Waals surface area contributed by atoms with Crippen LogP contribution in [0.5, 0.6) is 0 Å². The van der Waals surface area contributed by atoms with Gasteiger partial charge < -0.3 is 5.32 Å². The first-order valence-corrected chi connectivity index (χ1v) is 6.96. The topological polar surface area (TPSA) is 37.8 Å². The van der Waals surface area contributed by atoms with Crippen molar-refractivity contribution in [3.63, 3.8) is 0 Å². The third kappa shape index (κ3) is 2.17. The molecule has 0 unspecified atom stereocenters. The molecule has 0 amide bonds. The molecule has 2 rings (SSSR count). The molecule has 1 aromatic heterocycles. The van der Waals surface area contributed by atoms with Crippen LogP contribution >= 0.6 is 22.6 Å². The lowest BCUT2D eigenvalue weighted by atomic mass is 9.84. The molecule has 0 saturated heterocycles. The van der Waals surface area contributed by atoms with Crippen LogP contribution in [0.1, 0.15) is 56.5 Å². The minimum Gasteiger partial charge on any atom is -0.372 e. The molecule has 3 nitrogen and oxygen atoms in total. The number of aromatic nitrogens is 2. The molecule has 0 aromatic carbocycles. The Hall–Kier alpha value is -0.390. The Morgan fingerprint density at radius 2 is 2.00 bits per heavy atom. The highest BCUT2D eigenvalue weighted by Gasteiger charge is 2.25. The second kappa shape index (κ2) is 4.85. The van der Waals surface area contributed by atoms with Crippen LogP contribution in [0.25, 0.3) is 0 Å². The first-order chi connectivity index (χ1) is 7.63. The van der Waals surface area contributed by atoms with Crippen LogP contribution < -0.4 is 5.32 Å². The summed E-state index contributed by atoms with van der Waals surface area (Å²) in [5.41, 5.74) is 1.18. The van der Waals surface area contributed by atoms with Gasteiger partial charge in [0.25, 0.3) is 0 Å². The Morgan fingerprint density at radius 3 is 2.44 bits per heavy atom. The van der Waals surface area contributed by atoms with Crippen LogP contribution in [-0.4, -0.2) is 17.0 Å². The molecule has 1 heterocycles. The Kier molecular flexibility index (Phi) is 3.66. The second-order valence-electron chi connectivity index (χ2n) is 4.66. The van der Waals surface area contributed by atoms with Crippen LogP contribution in [0.4, 0.5) is 5.82 Å². The van der Waals surface area contributed by atoms with Gasteiger partial charge in [-0.1, -0.05) is 20.3 Å². The summed E-state index contributed by atoms with van der Waals surface area (Å²) in [6.45, 7) is 4.38. The predicted octanol–water partition coefficient (Wildman–Crippen LogP) is 3.51.